The number of benzene rings is 2. The summed E-state index contributed by atoms with van der Waals surface area (Å²) in [5.41, 5.74) is 1.68. The van der Waals surface area contributed by atoms with Crippen molar-refractivity contribution in [2.24, 2.45) is 0 Å². The van der Waals surface area contributed by atoms with E-state index in [2.05, 4.69) is 20.6 Å². The number of fused-ring (bicyclic) bond motifs is 1. The van der Waals surface area contributed by atoms with E-state index in [0.29, 0.717) is 15.0 Å². The molecule has 2 aromatic heterocycles. The number of rotatable bonds is 6. The summed E-state index contributed by atoms with van der Waals surface area (Å²) < 4.78 is 1.86. The average Bonchev–Trinajstić information content (AvgIpc) is 3.21. The molecule has 32 heavy (non-hydrogen) atoms. The van der Waals surface area contributed by atoms with Crippen LogP contribution < -0.4 is 10.9 Å². The van der Waals surface area contributed by atoms with E-state index in [1.165, 1.54) is 27.6 Å². The fourth-order valence-electron chi connectivity index (χ4n) is 3.21. The van der Waals surface area contributed by atoms with Crippen molar-refractivity contribution in [3.63, 3.8) is 0 Å². The molecule has 4 aromatic rings. The van der Waals surface area contributed by atoms with Gasteiger partial charge in [0.15, 0.2) is 4.34 Å². The van der Waals surface area contributed by atoms with Crippen LogP contribution in [0.4, 0.5) is 0 Å². The van der Waals surface area contributed by atoms with Gasteiger partial charge in [-0.05, 0) is 11.1 Å². The number of carbonyl (C=O) groups excluding carboxylic acids is 1. The smallest absolute Gasteiger partial charge is 0.297 e. The first-order chi connectivity index (χ1) is 15.3. The zero-order valence-corrected chi connectivity index (χ0v) is 19.6. The van der Waals surface area contributed by atoms with Crippen LogP contribution >= 0.6 is 23.1 Å². The molecule has 0 aliphatic heterocycles. The van der Waals surface area contributed by atoms with Crippen LogP contribution in [-0.4, -0.2) is 31.5 Å². The predicted molar refractivity (Wildman–Crippen MR) is 127 cm³/mol. The Labute approximate surface area is 193 Å². The third kappa shape index (κ3) is 4.89. The lowest BCUT2D eigenvalue weighted by atomic mass is 9.93. The number of hydrogen-bond acceptors (Lipinski definition) is 7. The molecule has 1 N–H and O–H groups in total. The minimum atomic E-state index is -0.425. The Morgan fingerprint density at radius 1 is 1.03 bits per heavy atom. The summed E-state index contributed by atoms with van der Waals surface area (Å²) in [5, 5.41) is 15.7. The number of carbonyl (C=O) groups is 1. The molecule has 7 nitrogen and oxygen atoms in total. The van der Waals surface area contributed by atoms with Gasteiger partial charge in [-0.2, -0.15) is 4.52 Å². The van der Waals surface area contributed by atoms with E-state index in [0.717, 1.165) is 11.1 Å². The number of thioether (sulfide) groups is 1. The van der Waals surface area contributed by atoms with E-state index < -0.39 is 5.41 Å². The largest absolute Gasteiger partial charge is 0.344 e. The Hall–Kier alpha value is -3.04. The molecule has 0 radical (unpaired) electrons. The molecule has 0 aliphatic rings. The Kier molecular flexibility index (Phi) is 6.38. The molecule has 2 aromatic carbocycles. The first-order valence-electron chi connectivity index (χ1n) is 10.1. The van der Waals surface area contributed by atoms with Crippen molar-refractivity contribution in [3.05, 3.63) is 87.8 Å². The second kappa shape index (κ2) is 9.22. The van der Waals surface area contributed by atoms with Gasteiger partial charge in [0.1, 0.15) is 5.69 Å². The molecule has 0 atom stereocenters. The molecule has 0 fully saturated rings. The van der Waals surface area contributed by atoms with Crippen molar-refractivity contribution < 1.29 is 4.79 Å². The van der Waals surface area contributed by atoms with Crippen molar-refractivity contribution in [3.8, 4) is 0 Å². The van der Waals surface area contributed by atoms with Crippen LogP contribution in [0.1, 0.15) is 43.6 Å². The van der Waals surface area contributed by atoms with Gasteiger partial charge in [-0.1, -0.05) is 105 Å². The minimum Gasteiger partial charge on any atom is -0.344 e. The van der Waals surface area contributed by atoms with Crippen LogP contribution in [0.25, 0.3) is 4.96 Å². The van der Waals surface area contributed by atoms with Crippen LogP contribution in [0.3, 0.4) is 0 Å². The van der Waals surface area contributed by atoms with Gasteiger partial charge in [0.05, 0.1) is 11.8 Å². The summed E-state index contributed by atoms with van der Waals surface area (Å²) in [6.07, 6.45) is 0. The number of nitrogens with zero attached hydrogens (tertiary/aromatic N) is 4. The van der Waals surface area contributed by atoms with Gasteiger partial charge >= 0.3 is 0 Å². The molecule has 0 unspecified atom stereocenters. The van der Waals surface area contributed by atoms with Gasteiger partial charge in [0, 0.05) is 5.41 Å². The van der Waals surface area contributed by atoms with Crippen molar-refractivity contribution in [2.45, 2.75) is 36.6 Å². The molecule has 0 saturated carbocycles. The van der Waals surface area contributed by atoms with Crippen molar-refractivity contribution in [1.29, 1.82) is 0 Å². The molecular formula is C23H23N5O2S2. The van der Waals surface area contributed by atoms with Crippen LogP contribution in [0, 0.1) is 0 Å². The van der Waals surface area contributed by atoms with E-state index in [1.54, 1.807) is 0 Å². The number of aromatic nitrogens is 4. The molecule has 4 rings (SSSR count). The van der Waals surface area contributed by atoms with Gasteiger partial charge in [-0.25, -0.2) is 0 Å². The van der Waals surface area contributed by atoms with E-state index in [1.807, 2.05) is 81.4 Å². The highest BCUT2D eigenvalue weighted by molar-refractivity contribution is 8.01. The van der Waals surface area contributed by atoms with Gasteiger partial charge in [-0.3, -0.25) is 9.59 Å². The highest BCUT2D eigenvalue weighted by atomic mass is 32.2. The van der Waals surface area contributed by atoms with Crippen molar-refractivity contribution in [1.82, 2.24) is 25.1 Å². The maximum atomic E-state index is 12.8. The predicted octanol–water partition coefficient (Wildman–Crippen LogP) is 3.84. The monoisotopic (exact) mass is 465 g/mol. The lowest BCUT2D eigenvalue weighted by Gasteiger charge is -2.19. The average molecular weight is 466 g/mol. The molecule has 0 aliphatic carbocycles. The second-order valence-electron chi connectivity index (χ2n) is 8.28. The fraction of sp³-hybridized carbons (Fsp3) is 0.261. The molecule has 2 heterocycles. The lowest BCUT2D eigenvalue weighted by molar-refractivity contribution is -0.119. The summed E-state index contributed by atoms with van der Waals surface area (Å²) in [4.78, 5) is 25.9. The third-order valence-electron chi connectivity index (χ3n) is 4.78. The van der Waals surface area contributed by atoms with Crippen LogP contribution in [0.5, 0.6) is 0 Å². The number of nitrogens with one attached hydrogen (secondary N) is 1. The van der Waals surface area contributed by atoms with E-state index >= 15 is 0 Å². The Morgan fingerprint density at radius 2 is 1.62 bits per heavy atom. The standard InChI is InChI=1S/C23H23N5O2S2/c1-23(2,3)19-20(30)28-21(26-25-19)32-22(27-28)31-14-17(29)24-18(15-10-6-4-7-11-15)16-12-8-5-9-13-16/h4-13,18H,14H2,1-3H3,(H,24,29). The van der Waals surface area contributed by atoms with Crippen LogP contribution in [0.2, 0.25) is 0 Å². The Bertz CT molecular complexity index is 1240. The molecule has 0 bridgehead atoms. The van der Waals surface area contributed by atoms with E-state index in [-0.39, 0.29) is 23.3 Å². The normalized spacial score (nSPS) is 11.8. The molecular weight excluding hydrogens is 442 g/mol. The molecule has 0 saturated heterocycles. The summed E-state index contributed by atoms with van der Waals surface area (Å²) in [6, 6.07) is 19.5. The van der Waals surface area contributed by atoms with Crippen LogP contribution in [-0.2, 0) is 10.2 Å². The zero-order valence-electron chi connectivity index (χ0n) is 18.0. The molecule has 9 heteroatoms. The first kappa shape index (κ1) is 22.2. The lowest BCUT2D eigenvalue weighted by Crippen LogP contribution is -2.31. The first-order valence-corrected chi connectivity index (χ1v) is 11.9. The molecule has 164 valence electrons. The van der Waals surface area contributed by atoms with Gasteiger partial charge in [-0.15, -0.1) is 15.3 Å². The summed E-state index contributed by atoms with van der Waals surface area (Å²) >= 11 is 2.52. The summed E-state index contributed by atoms with van der Waals surface area (Å²) in [5.74, 6) is 0.0466. The number of hydrogen-bond donors (Lipinski definition) is 1. The molecule has 0 spiro atoms. The maximum absolute atomic E-state index is 12.8. The van der Waals surface area contributed by atoms with Gasteiger partial charge in [0.2, 0.25) is 10.9 Å². The van der Waals surface area contributed by atoms with Crippen molar-refractivity contribution >= 4 is 34.0 Å². The third-order valence-corrected chi connectivity index (χ3v) is 6.81. The summed E-state index contributed by atoms with van der Waals surface area (Å²) in [6.45, 7) is 5.73. The second-order valence-corrected chi connectivity index (χ2v) is 10.5. The van der Waals surface area contributed by atoms with Crippen LogP contribution in [0.15, 0.2) is 69.8 Å². The Balaban J connectivity index is 1.50. The molecule has 1 amide bonds. The Morgan fingerprint density at radius 3 is 2.19 bits per heavy atom. The van der Waals surface area contributed by atoms with Crippen molar-refractivity contribution in [2.75, 3.05) is 5.75 Å². The van der Waals surface area contributed by atoms with Gasteiger partial charge in [0.25, 0.3) is 5.56 Å². The SMILES string of the molecule is CC(C)(C)c1nnc2sc(SCC(=O)NC(c3ccccc3)c3ccccc3)nn2c1=O. The quantitative estimate of drug-likeness (QED) is 0.435. The fourth-order valence-corrected chi connectivity index (χ4v) is 4.89. The maximum Gasteiger partial charge on any atom is 0.297 e. The van der Waals surface area contributed by atoms with E-state index in [4.69, 9.17) is 0 Å². The topological polar surface area (TPSA) is 89.2 Å². The minimum absolute atomic E-state index is 0.124. The number of amides is 1. The summed E-state index contributed by atoms with van der Waals surface area (Å²) in [7, 11) is 0. The highest BCUT2D eigenvalue weighted by Gasteiger charge is 2.23. The van der Waals surface area contributed by atoms with E-state index in [9.17, 15) is 9.59 Å². The van der Waals surface area contributed by atoms with Gasteiger partial charge < -0.3 is 5.32 Å². The zero-order chi connectivity index (χ0) is 22.7. The highest BCUT2D eigenvalue weighted by Crippen LogP contribution is 2.25.